The van der Waals surface area contributed by atoms with Crippen LogP contribution in [0.5, 0.6) is 0 Å². The van der Waals surface area contributed by atoms with Crippen LogP contribution >= 0.6 is 11.6 Å². The molecule has 0 aliphatic carbocycles. The number of halogens is 1. The number of amides is 2. The Hall–Kier alpha value is -2.41. The molecule has 0 spiro atoms. The molecule has 0 unspecified atom stereocenters. The van der Waals surface area contributed by atoms with Crippen molar-refractivity contribution in [3.05, 3.63) is 34.9 Å². The Balaban J connectivity index is 1.73. The fourth-order valence-electron chi connectivity index (χ4n) is 1.73. The second-order valence-corrected chi connectivity index (χ2v) is 5.01. The van der Waals surface area contributed by atoms with E-state index in [4.69, 9.17) is 16.3 Å². The molecule has 0 atom stereocenters. The molecule has 116 valence electrons. The lowest BCUT2D eigenvalue weighted by atomic mass is 10.2. The van der Waals surface area contributed by atoms with Gasteiger partial charge in [0.15, 0.2) is 6.61 Å². The highest BCUT2D eigenvalue weighted by atomic mass is 35.5. The molecule has 2 N–H and O–H groups in total. The maximum absolute atomic E-state index is 11.6. The number of esters is 1. The van der Waals surface area contributed by atoms with Crippen molar-refractivity contribution in [2.24, 2.45) is 5.10 Å². The number of ether oxygens (including phenoxy) is 1. The van der Waals surface area contributed by atoms with Gasteiger partial charge in [-0.1, -0.05) is 23.7 Å². The molecular weight excluding hydrogens is 310 g/mol. The predicted octanol–water partition coefficient (Wildman–Crippen LogP) is 0.765. The van der Waals surface area contributed by atoms with Crippen LogP contribution in [0.4, 0.5) is 0 Å². The molecule has 0 fully saturated rings. The summed E-state index contributed by atoms with van der Waals surface area (Å²) >= 11 is 5.83. The van der Waals surface area contributed by atoms with E-state index in [-0.39, 0.29) is 31.0 Å². The number of nitrogens with zero attached hydrogens (tertiary/aromatic N) is 1. The third-order valence-corrected chi connectivity index (χ3v) is 3.09. The predicted molar refractivity (Wildman–Crippen MR) is 79.1 cm³/mol. The van der Waals surface area contributed by atoms with E-state index in [1.165, 1.54) is 0 Å². The van der Waals surface area contributed by atoms with Crippen LogP contribution in [0.25, 0.3) is 0 Å². The molecule has 0 saturated carbocycles. The molecule has 7 nitrogen and oxygen atoms in total. The molecule has 0 saturated heterocycles. The summed E-state index contributed by atoms with van der Waals surface area (Å²) < 4.78 is 4.83. The van der Waals surface area contributed by atoms with E-state index < -0.39 is 18.5 Å². The standard InChI is InChI=1S/C14H14ClN3O4/c15-10-3-1-2-9(6-10)7-16-13(20)8-22-14(21)11-4-5-12(19)18-17-11/h1-3,6H,4-5,7-8H2,(H,16,20)(H,18,19). The Labute approximate surface area is 131 Å². The summed E-state index contributed by atoms with van der Waals surface area (Å²) in [6.45, 7) is -0.125. The molecule has 1 aliphatic heterocycles. The highest BCUT2D eigenvalue weighted by Gasteiger charge is 2.20. The Morgan fingerprint density at radius 1 is 1.36 bits per heavy atom. The number of nitrogens with one attached hydrogen (secondary N) is 2. The van der Waals surface area contributed by atoms with E-state index in [1.54, 1.807) is 18.2 Å². The lowest BCUT2D eigenvalue weighted by Gasteiger charge is -2.11. The van der Waals surface area contributed by atoms with Gasteiger partial charge in [-0.2, -0.15) is 5.10 Å². The molecule has 0 radical (unpaired) electrons. The largest absolute Gasteiger partial charge is 0.451 e. The van der Waals surface area contributed by atoms with E-state index >= 15 is 0 Å². The Morgan fingerprint density at radius 2 is 2.18 bits per heavy atom. The van der Waals surface area contributed by atoms with Gasteiger partial charge in [-0.05, 0) is 17.7 Å². The topological polar surface area (TPSA) is 96.9 Å². The molecule has 8 heteroatoms. The molecule has 2 amide bonds. The normalized spacial score (nSPS) is 13.9. The summed E-state index contributed by atoms with van der Waals surface area (Å²) in [5, 5.41) is 6.77. The zero-order chi connectivity index (χ0) is 15.9. The number of benzene rings is 1. The second kappa shape index (κ2) is 7.56. The Morgan fingerprint density at radius 3 is 2.86 bits per heavy atom. The van der Waals surface area contributed by atoms with Gasteiger partial charge in [-0.15, -0.1) is 0 Å². The Bertz CT molecular complexity index is 630. The van der Waals surface area contributed by atoms with Crippen LogP contribution in [-0.4, -0.2) is 30.1 Å². The lowest BCUT2D eigenvalue weighted by Crippen LogP contribution is -2.33. The van der Waals surface area contributed by atoms with Crippen LogP contribution < -0.4 is 10.7 Å². The summed E-state index contributed by atoms with van der Waals surface area (Å²) in [5.41, 5.74) is 3.13. The average molecular weight is 324 g/mol. The van der Waals surface area contributed by atoms with Crippen molar-refractivity contribution in [2.75, 3.05) is 6.61 Å². The van der Waals surface area contributed by atoms with Crippen molar-refractivity contribution >= 4 is 35.1 Å². The Kier molecular flexibility index (Phi) is 5.48. The second-order valence-electron chi connectivity index (χ2n) is 4.58. The maximum atomic E-state index is 11.6. The fourth-order valence-corrected chi connectivity index (χ4v) is 1.95. The smallest absolute Gasteiger partial charge is 0.355 e. The minimum Gasteiger partial charge on any atom is -0.451 e. The molecule has 1 aliphatic rings. The molecule has 22 heavy (non-hydrogen) atoms. The van der Waals surface area contributed by atoms with Crippen LogP contribution in [0.15, 0.2) is 29.4 Å². The van der Waals surface area contributed by atoms with Gasteiger partial charge in [-0.25, -0.2) is 10.2 Å². The van der Waals surface area contributed by atoms with E-state index in [0.717, 1.165) is 5.56 Å². The van der Waals surface area contributed by atoms with Crippen molar-refractivity contribution < 1.29 is 19.1 Å². The minimum atomic E-state index is -0.710. The number of rotatable bonds is 5. The summed E-state index contributed by atoms with van der Waals surface area (Å²) in [6, 6.07) is 7.06. The van der Waals surface area contributed by atoms with Crippen LogP contribution in [0.1, 0.15) is 18.4 Å². The van der Waals surface area contributed by atoms with Gasteiger partial charge in [0.1, 0.15) is 5.71 Å². The first-order valence-electron chi connectivity index (χ1n) is 6.58. The van der Waals surface area contributed by atoms with Gasteiger partial charge >= 0.3 is 5.97 Å². The van der Waals surface area contributed by atoms with Crippen LogP contribution in [0, 0.1) is 0 Å². The number of carbonyl (C=O) groups excluding carboxylic acids is 3. The number of hydrogen-bond acceptors (Lipinski definition) is 5. The van der Waals surface area contributed by atoms with E-state index in [9.17, 15) is 14.4 Å². The summed E-state index contributed by atoms with van der Waals surface area (Å²) in [4.78, 5) is 34.1. The molecule has 0 aromatic heterocycles. The summed E-state index contributed by atoms with van der Waals surface area (Å²) in [6.07, 6.45) is 0.379. The SMILES string of the molecule is O=C(COC(=O)C1=NNC(=O)CC1)NCc1cccc(Cl)c1. The first kappa shape index (κ1) is 16.0. The quantitative estimate of drug-likeness (QED) is 0.782. The van der Waals surface area contributed by atoms with E-state index in [1.807, 2.05) is 6.07 Å². The zero-order valence-electron chi connectivity index (χ0n) is 11.6. The van der Waals surface area contributed by atoms with Gasteiger partial charge < -0.3 is 10.1 Å². The first-order valence-corrected chi connectivity index (χ1v) is 6.96. The number of hydrazone groups is 1. The summed E-state index contributed by atoms with van der Waals surface area (Å²) in [7, 11) is 0. The van der Waals surface area contributed by atoms with Crippen molar-refractivity contribution in [1.82, 2.24) is 10.7 Å². The van der Waals surface area contributed by atoms with Gasteiger partial charge in [0.25, 0.3) is 5.91 Å². The molecule has 1 aromatic rings. The molecule has 1 aromatic carbocycles. The van der Waals surface area contributed by atoms with E-state index in [0.29, 0.717) is 5.02 Å². The third kappa shape index (κ3) is 4.85. The average Bonchev–Trinajstić information content (AvgIpc) is 2.51. The van der Waals surface area contributed by atoms with Gasteiger partial charge in [0, 0.05) is 24.4 Å². The van der Waals surface area contributed by atoms with E-state index in [2.05, 4.69) is 15.8 Å². The molecule has 1 heterocycles. The lowest BCUT2D eigenvalue weighted by molar-refractivity contribution is -0.142. The fraction of sp³-hybridized carbons (Fsp3) is 0.286. The van der Waals surface area contributed by atoms with Crippen molar-refractivity contribution in [3.63, 3.8) is 0 Å². The first-order chi connectivity index (χ1) is 10.5. The molecule has 0 bridgehead atoms. The maximum Gasteiger partial charge on any atom is 0.355 e. The monoisotopic (exact) mass is 323 g/mol. The van der Waals surface area contributed by atoms with Crippen molar-refractivity contribution in [3.8, 4) is 0 Å². The van der Waals surface area contributed by atoms with Crippen LogP contribution in [-0.2, 0) is 25.7 Å². The van der Waals surface area contributed by atoms with Crippen LogP contribution in [0.3, 0.4) is 0 Å². The number of hydrogen-bond donors (Lipinski definition) is 2. The highest BCUT2D eigenvalue weighted by Crippen LogP contribution is 2.10. The zero-order valence-corrected chi connectivity index (χ0v) is 12.4. The third-order valence-electron chi connectivity index (χ3n) is 2.85. The van der Waals surface area contributed by atoms with Crippen LogP contribution in [0.2, 0.25) is 5.02 Å². The summed E-state index contributed by atoms with van der Waals surface area (Å²) in [5.74, 6) is -1.40. The van der Waals surface area contributed by atoms with Gasteiger partial charge in [0.05, 0.1) is 0 Å². The number of carbonyl (C=O) groups is 3. The van der Waals surface area contributed by atoms with Crippen molar-refractivity contribution in [1.29, 1.82) is 0 Å². The van der Waals surface area contributed by atoms with Gasteiger partial charge in [0.2, 0.25) is 5.91 Å². The minimum absolute atomic E-state index is 0.0993. The molecular formula is C14H14ClN3O4. The van der Waals surface area contributed by atoms with Crippen molar-refractivity contribution in [2.45, 2.75) is 19.4 Å². The molecule has 2 rings (SSSR count). The van der Waals surface area contributed by atoms with Gasteiger partial charge in [-0.3, -0.25) is 9.59 Å². The highest BCUT2D eigenvalue weighted by molar-refractivity contribution is 6.37.